The van der Waals surface area contributed by atoms with Crippen molar-refractivity contribution in [3.05, 3.63) is 35.2 Å². The number of benzene rings is 1. The van der Waals surface area contributed by atoms with Crippen LogP contribution in [0.1, 0.15) is 18.4 Å². The van der Waals surface area contributed by atoms with Gasteiger partial charge in [-0.15, -0.1) is 11.8 Å². The highest BCUT2D eigenvalue weighted by Crippen LogP contribution is 2.29. The summed E-state index contributed by atoms with van der Waals surface area (Å²) >= 11 is 1.46. The lowest BCUT2D eigenvalue weighted by Crippen LogP contribution is -2.34. The first-order chi connectivity index (χ1) is 10.1. The van der Waals surface area contributed by atoms with Crippen LogP contribution in [-0.4, -0.2) is 41.3 Å². The molecule has 0 fully saturated rings. The van der Waals surface area contributed by atoms with Gasteiger partial charge in [-0.05, 0) is 41.7 Å². The fourth-order valence-electron chi connectivity index (χ4n) is 2.09. The monoisotopic (exact) mass is 307 g/mol. The molecule has 112 valence electrons. The molecule has 0 atom stereocenters. The lowest BCUT2D eigenvalue weighted by atomic mass is 10.1. The molecule has 1 heterocycles. The van der Waals surface area contributed by atoms with E-state index in [0.29, 0.717) is 18.7 Å². The predicted octanol–water partition coefficient (Wildman–Crippen LogP) is 2.43. The van der Waals surface area contributed by atoms with E-state index in [2.05, 4.69) is 0 Å². The van der Waals surface area contributed by atoms with Crippen molar-refractivity contribution in [2.24, 2.45) is 0 Å². The van der Waals surface area contributed by atoms with E-state index in [4.69, 9.17) is 9.84 Å². The van der Waals surface area contributed by atoms with Gasteiger partial charge >= 0.3 is 5.97 Å². The molecule has 1 aliphatic heterocycles. The Morgan fingerprint density at radius 1 is 1.38 bits per heavy atom. The highest BCUT2D eigenvalue weighted by molar-refractivity contribution is 8.03. The molecule has 0 aliphatic carbocycles. The number of rotatable bonds is 6. The van der Waals surface area contributed by atoms with Crippen LogP contribution in [0.15, 0.2) is 29.7 Å². The minimum atomic E-state index is -0.844. The average Bonchev–Trinajstić information content (AvgIpc) is 2.48. The molecule has 0 spiro atoms. The smallest absolute Gasteiger partial charge is 0.303 e. The second kappa shape index (κ2) is 7.17. The molecule has 0 bridgehead atoms. The number of aliphatic carboxylic acids is 1. The molecule has 0 saturated heterocycles. The SMILES string of the molecule is COc1ccc(C2=CSCC(=O)N2CCCC(=O)O)cc1. The maximum Gasteiger partial charge on any atom is 0.303 e. The third kappa shape index (κ3) is 4.01. The van der Waals surface area contributed by atoms with Gasteiger partial charge in [-0.25, -0.2) is 0 Å². The van der Waals surface area contributed by atoms with E-state index in [1.165, 1.54) is 11.8 Å². The zero-order valence-corrected chi connectivity index (χ0v) is 12.6. The molecule has 1 aromatic carbocycles. The van der Waals surface area contributed by atoms with Crippen molar-refractivity contribution >= 4 is 29.3 Å². The summed E-state index contributed by atoms with van der Waals surface area (Å²) in [7, 11) is 1.60. The number of carboxylic acids is 1. The van der Waals surface area contributed by atoms with Crippen LogP contribution in [0.3, 0.4) is 0 Å². The first-order valence-electron chi connectivity index (χ1n) is 6.60. The summed E-state index contributed by atoms with van der Waals surface area (Å²) < 4.78 is 5.13. The van der Waals surface area contributed by atoms with Crippen molar-refractivity contribution in [3.8, 4) is 5.75 Å². The fraction of sp³-hybridized carbons (Fsp3) is 0.333. The van der Waals surface area contributed by atoms with Crippen LogP contribution < -0.4 is 4.74 Å². The summed E-state index contributed by atoms with van der Waals surface area (Å²) in [6, 6.07) is 7.48. The van der Waals surface area contributed by atoms with Gasteiger partial charge in [0.1, 0.15) is 5.75 Å². The van der Waals surface area contributed by atoms with Gasteiger partial charge in [0.15, 0.2) is 0 Å². The van der Waals surface area contributed by atoms with Gasteiger partial charge in [0.05, 0.1) is 18.6 Å². The fourth-order valence-corrected chi connectivity index (χ4v) is 2.89. The Bertz CT molecular complexity index is 553. The maximum absolute atomic E-state index is 12.1. The minimum absolute atomic E-state index is 0.0127. The molecular weight excluding hydrogens is 290 g/mol. The number of hydrogen-bond donors (Lipinski definition) is 1. The number of hydrogen-bond acceptors (Lipinski definition) is 4. The average molecular weight is 307 g/mol. The molecule has 2 rings (SSSR count). The van der Waals surface area contributed by atoms with Crippen LogP contribution in [0.5, 0.6) is 5.75 Å². The second-order valence-corrected chi connectivity index (χ2v) is 5.44. The number of carbonyl (C=O) groups is 2. The Morgan fingerprint density at radius 3 is 2.71 bits per heavy atom. The van der Waals surface area contributed by atoms with Crippen molar-refractivity contribution in [1.29, 1.82) is 0 Å². The van der Waals surface area contributed by atoms with Gasteiger partial charge in [-0.1, -0.05) is 0 Å². The molecule has 0 saturated carbocycles. The highest BCUT2D eigenvalue weighted by atomic mass is 32.2. The van der Waals surface area contributed by atoms with Crippen LogP contribution in [0, 0.1) is 0 Å². The van der Waals surface area contributed by atoms with Crippen molar-refractivity contribution < 1.29 is 19.4 Å². The number of carboxylic acid groups (broad SMARTS) is 1. The van der Waals surface area contributed by atoms with Crippen LogP contribution in [0.2, 0.25) is 0 Å². The summed E-state index contributed by atoms with van der Waals surface area (Å²) in [4.78, 5) is 24.3. The molecular formula is C15H17NO4S. The van der Waals surface area contributed by atoms with E-state index in [1.807, 2.05) is 29.7 Å². The van der Waals surface area contributed by atoms with Gasteiger partial charge in [0.2, 0.25) is 5.91 Å². The minimum Gasteiger partial charge on any atom is -0.497 e. The van der Waals surface area contributed by atoms with Gasteiger partial charge in [-0.3, -0.25) is 9.59 Å². The summed E-state index contributed by atoms with van der Waals surface area (Å²) in [5.74, 6) is 0.321. The standard InChI is InChI=1S/C15H17NO4S/c1-20-12-6-4-11(5-7-12)13-9-21-10-14(17)16(13)8-2-3-15(18)19/h4-7,9H,2-3,8,10H2,1H3,(H,18,19). The van der Waals surface area contributed by atoms with E-state index in [1.54, 1.807) is 12.0 Å². The van der Waals surface area contributed by atoms with Crippen LogP contribution >= 0.6 is 11.8 Å². The van der Waals surface area contributed by atoms with Gasteiger partial charge < -0.3 is 14.7 Å². The maximum atomic E-state index is 12.1. The molecule has 0 aromatic heterocycles. The van der Waals surface area contributed by atoms with Crippen LogP contribution in [0.25, 0.3) is 5.70 Å². The first-order valence-corrected chi connectivity index (χ1v) is 7.65. The van der Waals surface area contributed by atoms with Crippen molar-refractivity contribution in [2.75, 3.05) is 19.4 Å². The highest BCUT2D eigenvalue weighted by Gasteiger charge is 2.23. The van der Waals surface area contributed by atoms with E-state index in [0.717, 1.165) is 17.0 Å². The molecule has 5 nitrogen and oxygen atoms in total. The quantitative estimate of drug-likeness (QED) is 0.874. The molecule has 1 aromatic rings. The number of methoxy groups -OCH3 is 1. The lowest BCUT2D eigenvalue weighted by Gasteiger charge is -2.28. The van der Waals surface area contributed by atoms with Gasteiger partial charge in [-0.2, -0.15) is 0 Å². The Morgan fingerprint density at radius 2 is 2.10 bits per heavy atom. The number of ether oxygens (including phenoxy) is 1. The topological polar surface area (TPSA) is 66.8 Å². The largest absolute Gasteiger partial charge is 0.497 e. The zero-order chi connectivity index (χ0) is 15.2. The summed E-state index contributed by atoms with van der Waals surface area (Å²) in [6.45, 7) is 0.420. The van der Waals surface area contributed by atoms with Crippen molar-refractivity contribution in [2.45, 2.75) is 12.8 Å². The molecule has 21 heavy (non-hydrogen) atoms. The molecule has 1 aliphatic rings. The Labute approximate surface area is 127 Å². The van der Waals surface area contributed by atoms with E-state index in [9.17, 15) is 9.59 Å². The molecule has 0 radical (unpaired) electrons. The van der Waals surface area contributed by atoms with Crippen LogP contribution in [-0.2, 0) is 9.59 Å². The van der Waals surface area contributed by atoms with Crippen molar-refractivity contribution in [3.63, 3.8) is 0 Å². The van der Waals surface area contributed by atoms with Gasteiger partial charge in [0.25, 0.3) is 0 Å². The number of carbonyl (C=O) groups excluding carboxylic acids is 1. The van der Waals surface area contributed by atoms with Crippen LogP contribution in [0.4, 0.5) is 0 Å². The molecule has 6 heteroatoms. The third-order valence-electron chi connectivity index (χ3n) is 3.15. The Kier molecular flexibility index (Phi) is 5.27. The zero-order valence-electron chi connectivity index (χ0n) is 11.7. The van der Waals surface area contributed by atoms with E-state index < -0.39 is 5.97 Å². The second-order valence-electron chi connectivity index (χ2n) is 4.59. The normalized spacial score (nSPS) is 14.8. The Balaban J connectivity index is 2.15. The number of thioether (sulfide) groups is 1. The van der Waals surface area contributed by atoms with E-state index in [-0.39, 0.29) is 12.3 Å². The Hall–Kier alpha value is -1.95. The molecule has 1 N–H and O–H groups in total. The third-order valence-corrected chi connectivity index (χ3v) is 3.96. The lowest BCUT2D eigenvalue weighted by molar-refractivity contribution is -0.137. The number of nitrogens with zero attached hydrogens (tertiary/aromatic N) is 1. The summed E-state index contributed by atoms with van der Waals surface area (Å²) in [6.07, 6.45) is 0.506. The van der Waals surface area contributed by atoms with E-state index >= 15 is 0 Å². The molecule has 1 amide bonds. The summed E-state index contributed by atoms with van der Waals surface area (Å²) in [5.41, 5.74) is 1.75. The molecule has 0 unspecified atom stereocenters. The van der Waals surface area contributed by atoms with Gasteiger partial charge in [0, 0.05) is 13.0 Å². The summed E-state index contributed by atoms with van der Waals surface area (Å²) in [5, 5.41) is 10.7. The number of amides is 1. The van der Waals surface area contributed by atoms with Crippen molar-refractivity contribution in [1.82, 2.24) is 4.90 Å². The first kappa shape index (κ1) is 15.4. The predicted molar refractivity (Wildman–Crippen MR) is 82.0 cm³/mol.